The van der Waals surface area contributed by atoms with Crippen molar-refractivity contribution in [2.75, 3.05) is 0 Å². The Morgan fingerprint density at radius 2 is 1.74 bits per heavy atom. The van der Waals surface area contributed by atoms with Gasteiger partial charge in [0.1, 0.15) is 18.2 Å². The summed E-state index contributed by atoms with van der Waals surface area (Å²) in [5.41, 5.74) is 2.13. The van der Waals surface area contributed by atoms with Crippen LogP contribution in [0.15, 0.2) is 30.6 Å². The van der Waals surface area contributed by atoms with Crippen LogP contribution in [-0.2, 0) is 11.3 Å². The first-order chi connectivity index (χ1) is 15.2. The Labute approximate surface area is 181 Å². The normalized spacial score (nSPS) is 18.5. The maximum Gasteiger partial charge on any atom is 0.243 e. The fourth-order valence-electron chi connectivity index (χ4n) is 5.49. The van der Waals surface area contributed by atoms with E-state index in [1.54, 1.807) is 18.5 Å². The Balaban J connectivity index is 1.51. The topological polar surface area (TPSA) is 66.8 Å². The highest BCUT2D eigenvalue weighted by Gasteiger charge is 2.33. The molecule has 0 atom stereocenters. The standard InChI is InChI=1S/C24H30FN5O/c25-18-11-12-21-22(13-18)29(24(28-21)17-14-26-27-15-17)16-23(31)30(19-7-3-1-4-8-19)20-9-5-2-6-10-20/h11-15,19-20H,1-10,16H2,(H,26,27). The van der Waals surface area contributed by atoms with Crippen LogP contribution in [0.1, 0.15) is 64.2 Å². The van der Waals surface area contributed by atoms with Crippen molar-refractivity contribution in [1.29, 1.82) is 0 Å². The van der Waals surface area contributed by atoms with Gasteiger partial charge in [0, 0.05) is 18.3 Å². The number of nitrogens with zero attached hydrogens (tertiary/aromatic N) is 4. The third kappa shape index (κ3) is 4.10. The van der Waals surface area contributed by atoms with Crippen LogP contribution in [0.3, 0.4) is 0 Å². The molecule has 0 bridgehead atoms. The molecule has 0 aliphatic heterocycles. The van der Waals surface area contributed by atoms with E-state index in [-0.39, 0.29) is 18.3 Å². The SMILES string of the molecule is O=C(Cn1c(-c2cn[nH]c2)nc2ccc(F)cc21)N(C1CCCCC1)C1CCCCC1. The molecule has 1 aromatic carbocycles. The second-order valence-electron chi connectivity index (χ2n) is 9.03. The Hall–Kier alpha value is -2.70. The first kappa shape index (κ1) is 20.2. The molecule has 2 fully saturated rings. The lowest BCUT2D eigenvalue weighted by atomic mass is 9.88. The van der Waals surface area contributed by atoms with E-state index in [9.17, 15) is 9.18 Å². The molecule has 3 aromatic rings. The molecule has 2 aliphatic carbocycles. The molecule has 0 spiro atoms. The molecule has 2 aliphatic rings. The molecule has 2 saturated carbocycles. The quantitative estimate of drug-likeness (QED) is 0.624. The fraction of sp³-hybridized carbons (Fsp3) is 0.542. The highest BCUT2D eigenvalue weighted by molar-refractivity contribution is 5.84. The summed E-state index contributed by atoms with van der Waals surface area (Å²) >= 11 is 0. The van der Waals surface area contributed by atoms with Gasteiger partial charge in [-0.05, 0) is 43.9 Å². The predicted octanol–water partition coefficient (Wildman–Crippen LogP) is 5.06. The van der Waals surface area contributed by atoms with Gasteiger partial charge in [0.15, 0.2) is 0 Å². The molecule has 1 N–H and O–H groups in total. The van der Waals surface area contributed by atoms with Gasteiger partial charge >= 0.3 is 0 Å². The number of benzene rings is 1. The summed E-state index contributed by atoms with van der Waals surface area (Å²) < 4.78 is 16.0. The smallest absolute Gasteiger partial charge is 0.243 e. The summed E-state index contributed by atoms with van der Waals surface area (Å²) in [5.74, 6) is 0.457. The van der Waals surface area contributed by atoms with E-state index in [1.165, 1.54) is 50.7 Å². The van der Waals surface area contributed by atoms with Crippen molar-refractivity contribution in [2.24, 2.45) is 0 Å². The number of carbonyl (C=O) groups is 1. The van der Waals surface area contributed by atoms with Crippen molar-refractivity contribution in [1.82, 2.24) is 24.6 Å². The number of hydrogen-bond acceptors (Lipinski definition) is 3. The molecule has 1 amide bonds. The Kier molecular flexibility index (Phi) is 5.74. The van der Waals surface area contributed by atoms with Crippen molar-refractivity contribution < 1.29 is 9.18 Å². The molecular weight excluding hydrogens is 393 g/mol. The van der Waals surface area contributed by atoms with Gasteiger partial charge in [-0.1, -0.05) is 38.5 Å². The number of H-pyrrole nitrogens is 1. The lowest BCUT2D eigenvalue weighted by Crippen LogP contribution is -2.50. The second-order valence-corrected chi connectivity index (χ2v) is 9.03. The number of nitrogens with one attached hydrogen (secondary N) is 1. The zero-order chi connectivity index (χ0) is 21.2. The summed E-state index contributed by atoms with van der Waals surface area (Å²) in [6.45, 7) is 0.174. The maximum atomic E-state index is 14.1. The van der Waals surface area contributed by atoms with E-state index < -0.39 is 0 Å². The molecule has 164 valence electrons. The molecule has 2 aromatic heterocycles. The molecule has 2 heterocycles. The van der Waals surface area contributed by atoms with Crippen molar-refractivity contribution in [3.05, 3.63) is 36.4 Å². The number of aromatic nitrogens is 4. The van der Waals surface area contributed by atoms with Gasteiger partial charge in [-0.3, -0.25) is 9.89 Å². The van der Waals surface area contributed by atoms with Gasteiger partial charge in [-0.15, -0.1) is 0 Å². The van der Waals surface area contributed by atoms with Crippen LogP contribution in [0.4, 0.5) is 4.39 Å². The summed E-state index contributed by atoms with van der Waals surface area (Å²) in [5, 5.41) is 6.86. The zero-order valence-electron chi connectivity index (χ0n) is 17.9. The Morgan fingerprint density at radius 3 is 2.35 bits per heavy atom. The summed E-state index contributed by atoms with van der Waals surface area (Å²) in [4.78, 5) is 20.7. The number of hydrogen-bond donors (Lipinski definition) is 1. The van der Waals surface area contributed by atoms with Crippen LogP contribution in [0.2, 0.25) is 0 Å². The third-order valence-electron chi connectivity index (χ3n) is 6.98. The van der Waals surface area contributed by atoms with Crippen LogP contribution < -0.4 is 0 Å². The molecular formula is C24H30FN5O. The second kappa shape index (κ2) is 8.81. The van der Waals surface area contributed by atoms with Gasteiger partial charge in [0.05, 0.1) is 22.8 Å². The molecule has 0 radical (unpaired) electrons. The van der Waals surface area contributed by atoms with Gasteiger partial charge in [-0.25, -0.2) is 9.37 Å². The van der Waals surface area contributed by atoms with E-state index in [2.05, 4.69) is 15.1 Å². The summed E-state index contributed by atoms with van der Waals surface area (Å²) in [7, 11) is 0. The molecule has 0 saturated heterocycles. The third-order valence-corrected chi connectivity index (χ3v) is 6.98. The van der Waals surface area contributed by atoms with Crippen molar-refractivity contribution >= 4 is 16.9 Å². The Morgan fingerprint density at radius 1 is 1.06 bits per heavy atom. The van der Waals surface area contributed by atoms with Crippen molar-refractivity contribution in [3.63, 3.8) is 0 Å². The largest absolute Gasteiger partial charge is 0.335 e. The van der Waals surface area contributed by atoms with Gasteiger partial charge in [-0.2, -0.15) is 5.10 Å². The van der Waals surface area contributed by atoms with E-state index in [4.69, 9.17) is 4.98 Å². The van der Waals surface area contributed by atoms with E-state index in [0.717, 1.165) is 31.2 Å². The van der Waals surface area contributed by atoms with Crippen LogP contribution >= 0.6 is 0 Å². The van der Waals surface area contributed by atoms with Crippen molar-refractivity contribution in [3.8, 4) is 11.4 Å². The van der Waals surface area contributed by atoms with Crippen LogP contribution in [0, 0.1) is 5.82 Å². The predicted molar refractivity (Wildman–Crippen MR) is 118 cm³/mol. The van der Waals surface area contributed by atoms with Crippen LogP contribution in [0.5, 0.6) is 0 Å². The van der Waals surface area contributed by atoms with Gasteiger partial charge in [0.2, 0.25) is 5.91 Å². The lowest BCUT2D eigenvalue weighted by Gasteiger charge is -2.42. The minimum atomic E-state index is -0.323. The number of halogens is 1. The summed E-state index contributed by atoms with van der Waals surface area (Å²) in [6.07, 6.45) is 15.1. The minimum absolute atomic E-state index is 0.132. The Bertz CT molecular complexity index is 1010. The van der Waals surface area contributed by atoms with Gasteiger partial charge < -0.3 is 9.47 Å². The van der Waals surface area contributed by atoms with E-state index in [1.807, 2.05) is 4.57 Å². The maximum absolute atomic E-state index is 14.1. The zero-order valence-corrected chi connectivity index (χ0v) is 17.9. The lowest BCUT2D eigenvalue weighted by molar-refractivity contribution is -0.138. The average molecular weight is 424 g/mol. The van der Waals surface area contributed by atoms with Crippen LogP contribution in [0.25, 0.3) is 22.4 Å². The van der Waals surface area contributed by atoms with Crippen molar-refractivity contribution in [2.45, 2.75) is 82.8 Å². The highest BCUT2D eigenvalue weighted by Crippen LogP contribution is 2.32. The van der Waals surface area contributed by atoms with E-state index in [0.29, 0.717) is 28.9 Å². The van der Waals surface area contributed by atoms with E-state index >= 15 is 0 Å². The first-order valence-corrected chi connectivity index (χ1v) is 11.7. The van der Waals surface area contributed by atoms with Gasteiger partial charge in [0.25, 0.3) is 0 Å². The number of imidazole rings is 1. The molecule has 5 rings (SSSR count). The minimum Gasteiger partial charge on any atom is -0.335 e. The number of rotatable bonds is 5. The summed E-state index contributed by atoms with van der Waals surface area (Å²) in [6, 6.07) is 5.22. The number of carbonyl (C=O) groups excluding carboxylic acids is 1. The van der Waals surface area contributed by atoms with Crippen LogP contribution in [-0.4, -0.2) is 42.6 Å². The molecule has 6 nitrogen and oxygen atoms in total. The molecule has 0 unspecified atom stereocenters. The average Bonchev–Trinajstić information content (AvgIpc) is 3.44. The number of amides is 1. The molecule has 31 heavy (non-hydrogen) atoms. The molecule has 7 heteroatoms. The number of aromatic amines is 1. The highest BCUT2D eigenvalue weighted by atomic mass is 19.1. The number of fused-ring (bicyclic) bond motifs is 1. The monoisotopic (exact) mass is 423 g/mol. The first-order valence-electron chi connectivity index (χ1n) is 11.7. The fourth-order valence-corrected chi connectivity index (χ4v) is 5.49.